The maximum absolute atomic E-state index is 3.00. The van der Waals surface area contributed by atoms with E-state index in [1.54, 1.807) is 0 Å². The summed E-state index contributed by atoms with van der Waals surface area (Å²) >= 11 is 0. The molecule has 162 valence electrons. The van der Waals surface area contributed by atoms with Gasteiger partial charge in [-0.25, -0.2) is 0 Å². The Labute approximate surface area is 181 Å². The number of hydrogen-bond acceptors (Lipinski definition) is 0. The van der Waals surface area contributed by atoms with E-state index in [1.165, 1.54) is 33.8 Å². The van der Waals surface area contributed by atoms with Gasteiger partial charge in [-0.05, 0) is 77.2 Å². The number of aromatic nitrogens is 1. The average molecular weight is 396 g/mol. The first kappa shape index (κ1) is 28.9. The Bertz CT molecular complexity index is 714. The van der Waals surface area contributed by atoms with Crippen molar-refractivity contribution in [3.05, 3.63) is 77.7 Å². The lowest BCUT2D eigenvalue weighted by Crippen LogP contribution is -2.04. The fourth-order valence-corrected chi connectivity index (χ4v) is 3.15. The molecule has 1 rings (SSSR count). The first-order chi connectivity index (χ1) is 14.0. The van der Waals surface area contributed by atoms with Gasteiger partial charge >= 0.3 is 0 Å². The molecule has 0 aliphatic carbocycles. The third-order valence-corrected chi connectivity index (χ3v) is 4.26. The molecule has 0 spiro atoms. The molecule has 1 heteroatoms. The minimum Gasteiger partial charge on any atom is -0.317 e. The summed E-state index contributed by atoms with van der Waals surface area (Å²) in [7, 11) is 0. The van der Waals surface area contributed by atoms with E-state index in [1.807, 2.05) is 13.8 Å². The molecule has 0 fully saturated rings. The van der Waals surface area contributed by atoms with E-state index in [9.17, 15) is 0 Å². The fourth-order valence-electron chi connectivity index (χ4n) is 3.15. The molecule has 0 N–H and O–H groups in total. The highest BCUT2D eigenvalue weighted by Crippen LogP contribution is 2.31. The molecule has 1 nitrogen and oxygen atoms in total. The monoisotopic (exact) mass is 395 g/mol. The standard InChI is InChI=1S/C24H35N.C2H6.C2H4/c1-8-13-16-22-21(14-9-2)23(12-5)25(24(22)15-10-3)20(11-4)18-17-19(6)7;2*1-2/h8-10,13-15,17-18H,11-12,16H2,1-7H3;1-2H3;1-2H2/b13-8-,14-9-,15-10-,20-18+;;. The topological polar surface area (TPSA) is 4.93 Å². The van der Waals surface area contributed by atoms with Gasteiger partial charge in [0.15, 0.2) is 0 Å². The van der Waals surface area contributed by atoms with Crippen molar-refractivity contribution >= 4 is 17.8 Å². The van der Waals surface area contributed by atoms with Crippen LogP contribution >= 0.6 is 0 Å². The molecule has 1 aromatic rings. The molecule has 0 radical (unpaired) electrons. The Kier molecular flexibility index (Phi) is 17.7. The van der Waals surface area contributed by atoms with E-state index in [-0.39, 0.29) is 0 Å². The third-order valence-electron chi connectivity index (χ3n) is 4.26. The number of rotatable bonds is 8. The minimum atomic E-state index is 0.968. The van der Waals surface area contributed by atoms with Gasteiger partial charge in [0.05, 0.1) is 0 Å². The number of allylic oxidation sites excluding steroid dienone is 8. The molecule has 0 atom stereocenters. The van der Waals surface area contributed by atoms with Gasteiger partial charge in [-0.15, -0.1) is 13.2 Å². The zero-order valence-corrected chi connectivity index (χ0v) is 20.6. The molecule has 0 bridgehead atoms. The van der Waals surface area contributed by atoms with Crippen LogP contribution in [0, 0.1) is 0 Å². The highest BCUT2D eigenvalue weighted by molar-refractivity contribution is 5.71. The van der Waals surface area contributed by atoms with Crippen molar-refractivity contribution in [1.29, 1.82) is 0 Å². The average Bonchev–Trinajstić information content (AvgIpc) is 3.02. The van der Waals surface area contributed by atoms with Crippen LogP contribution in [0.15, 0.2) is 55.2 Å². The van der Waals surface area contributed by atoms with Crippen LogP contribution in [0.5, 0.6) is 0 Å². The molecule has 0 amide bonds. The van der Waals surface area contributed by atoms with Gasteiger partial charge in [0, 0.05) is 17.1 Å². The Balaban J connectivity index is 0. The van der Waals surface area contributed by atoms with Crippen LogP contribution in [-0.2, 0) is 12.8 Å². The second kappa shape index (κ2) is 17.8. The smallest absolute Gasteiger partial charge is 0.0493 e. The summed E-state index contributed by atoms with van der Waals surface area (Å²) in [6, 6.07) is 0. The zero-order chi connectivity index (χ0) is 22.8. The molecule has 0 saturated carbocycles. The Morgan fingerprint density at radius 3 is 1.90 bits per heavy atom. The maximum atomic E-state index is 3.00. The van der Waals surface area contributed by atoms with Crippen LogP contribution < -0.4 is 0 Å². The molecular weight excluding hydrogens is 350 g/mol. The van der Waals surface area contributed by atoms with Gasteiger partial charge in [0.25, 0.3) is 0 Å². The van der Waals surface area contributed by atoms with E-state index >= 15 is 0 Å². The summed E-state index contributed by atoms with van der Waals surface area (Å²) in [5, 5.41) is 0. The van der Waals surface area contributed by atoms with Crippen LogP contribution in [0.2, 0.25) is 0 Å². The lowest BCUT2D eigenvalue weighted by Gasteiger charge is -2.14. The summed E-state index contributed by atoms with van der Waals surface area (Å²) in [6.45, 7) is 25.1. The van der Waals surface area contributed by atoms with Crippen LogP contribution in [0.25, 0.3) is 17.8 Å². The predicted octanol–water partition coefficient (Wildman–Crippen LogP) is 9.28. The normalized spacial score (nSPS) is 11.4. The number of hydrogen-bond donors (Lipinski definition) is 0. The van der Waals surface area contributed by atoms with Crippen molar-refractivity contribution in [1.82, 2.24) is 4.57 Å². The van der Waals surface area contributed by atoms with Crippen molar-refractivity contribution in [2.75, 3.05) is 0 Å². The molecule has 0 saturated heterocycles. The van der Waals surface area contributed by atoms with Gasteiger partial charge in [-0.2, -0.15) is 0 Å². The first-order valence-electron chi connectivity index (χ1n) is 11.0. The van der Waals surface area contributed by atoms with Gasteiger partial charge < -0.3 is 4.57 Å². The molecule has 1 heterocycles. The predicted molar refractivity (Wildman–Crippen MR) is 138 cm³/mol. The van der Waals surface area contributed by atoms with E-state index < -0.39 is 0 Å². The van der Waals surface area contributed by atoms with Gasteiger partial charge in [-0.3, -0.25) is 0 Å². The zero-order valence-electron chi connectivity index (χ0n) is 20.6. The summed E-state index contributed by atoms with van der Waals surface area (Å²) < 4.78 is 2.48. The maximum Gasteiger partial charge on any atom is 0.0493 e. The molecule has 0 unspecified atom stereocenters. The summed E-state index contributed by atoms with van der Waals surface area (Å²) in [4.78, 5) is 0. The Hall–Kier alpha value is -2.28. The van der Waals surface area contributed by atoms with E-state index in [2.05, 4.69) is 115 Å². The van der Waals surface area contributed by atoms with Gasteiger partial charge in [-0.1, -0.05) is 69.7 Å². The van der Waals surface area contributed by atoms with E-state index in [0.29, 0.717) is 0 Å². The lowest BCUT2D eigenvalue weighted by atomic mass is 10.0. The molecule has 1 aromatic heterocycles. The van der Waals surface area contributed by atoms with Crippen molar-refractivity contribution in [2.24, 2.45) is 0 Å². The minimum absolute atomic E-state index is 0.968. The van der Waals surface area contributed by atoms with Gasteiger partial charge in [0.1, 0.15) is 0 Å². The summed E-state index contributed by atoms with van der Waals surface area (Å²) in [5.74, 6) is 0. The van der Waals surface area contributed by atoms with Crippen LogP contribution in [-0.4, -0.2) is 4.57 Å². The Morgan fingerprint density at radius 1 is 0.897 bits per heavy atom. The molecular formula is C28H45N. The third kappa shape index (κ3) is 8.73. The highest BCUT2D eigenvalue weighted by Gasteiger charge is 2.19. The number of nitrogens with zero attached hydrogens (tertiary/aromatic N) is 1. The van der Waals surface area contributed by atoms with E-state index in [4.69, 9.17) is 0 Å². The second-order valence-corrected chi connectivity index (χ2v) is 6.44. The van der Waals surface area contributed by atoms with Gasteiger partial charge in [0.2, 0.25) is 0 Å². The van der Waals surface area contributed by atoms with Crippen molar-refractivity contribution < 1.29 is 0 Å². The van der Waals surface area contributed by atoms with Crippen LogP contribution in [0.3, 0.4) is 0 Å². The highest BCUT2D eigenvalue weighted by atomic mass is 15.0. The largest absolute Gasteiger partial charge is 0.317 e. The quantitative estimate of drug-likeness (QED) is 0.305. The van der Waals surface area contributed by atoms with Crippen molar-refractivity contribution in [3.63, 3.8) is 0 Å². The van der Waals surface area contributed by atoms with Crippen molar-refractivity contribution in [2.45, 2.75) is 81.6 Å². The Morgan fingerprint density at radius 2 is 1.48 bits per heavy atom. The molecule has 29 heavy (non-hydrogen) atoms. The SMILES string of the molecule is C/C=C\Cc1c(/C=C\C)c(CC)n(/C(=C/C=C(C)C)CC)c1/C=C\C.C=C.CC. The fraction of sp³-hybridized carbons (Fsp3) is 0.429. The second-order valence-electron chi connectivity index (χ2n) is 6.44. The molecule has 0 aliphatic rings. The summed E-state index contributed by atoms with van der Waals surface area (Å²) in [6.07, 6.45) is 20.7. The molecule has 0 aromatic carbocycles. The van der Waals surface area contributed by atoms with Crippen LogP contribution in [0.1, 0.15) is 91.2 Å². The molecule has 0 aliphatic heterocycles. The first-order valence-corrected chi connectivity index (χ1v) is 11.0. The van der Waals surface area contributed by atoms with E-state index in [0.717, 1.165) is 19.3 Å². The van der Waals surface area contributed by atoms with Crippen molar-refractivity contribution in [3.8, 4) is 0 Å². The lowest BCUT2D eigenvalue weighted by molar-refractivity contribution is 0.907. The summed E-state index contributed by atoms with van der Waals surface area (Å²) in [5.41, 5.74) is 8.20. The van der Waals surface area contributed by atoms with Crippen LogP contribution in [0.4, 0.5) is 0 Å².